The van der Waals surface area contributed by atoms with Crippen LogP contribution in [0.2, 0.25) is 15.3 Å². The molecule has 4 aromatic heterocycles. The largest absolute Gasteiger partial charge is 0.495 e. The molecular formula is C66H78Cl3N18O6S4-. The van der Waals surface area contributed by atoms with Crippen molar-refractivity contribution in [2.24, 2.45) is 0 Å². The van der Waals surface area contributed by atoms with Crippen LogP contribution < -0.4 is 50.4 Å². The highest BCUT2D eigenvalue weighted by Gasteiger charge is 2.29. The Balaban J connectivity index is 0.000000174. The number of ether oxygens (including phenoxy) is 2. The zero-order valence-electron chi connectivity index (χ0n) is 54.9. The number of halogens is 3. The van der Waals surface area contributed by atoms with Gasteiger partial charge in [0, 0.05) is 114 Å². The standard InChI is InChI=1S/C29H36ClN9O3S2.C17H28N4O.C12H9Cl2N5O2S2.C8H5/c1-37-12-14-39(15-13-37)19-8-10-38(11-9-19)20-4-5-22(24(16-20)42-2)34-29-31-17-21(30)28(35-29)33-23-6-7-25-27(32-18-43-25)26(23)36-44(3,40)41;1-19-9-11-21(12-10-19)14-5-7-20(8-6-14)15-3-4-16(18)17(13-15)22-2;1-23(20,21)19-9-7(2-3-8-10(9)16-5-22-8)17-11-6(13)4-15-12(14)18-11;1-3-5-7-8-6-4-2/h4-7,16-19,36H,8-15H2,1-3H3,(H2,31,33,34,35);3-4,13-14H,5-12,18H2,1-2H3;2-5,19H,1H3,(H,15,17,18);1H2,2H3/q;;;-1. The lowest BCUT2D eigenvalue weighted by atomic mass is 10.0. The summed E-state index contributed by atoms with van der Waals surface area (Å²) < 4.78 is 65.4. The van der Waals surface area contributed by atoms with E-state index in [-0.39, 0.29) is 21.1 Å². The number of nitrogens with zero attached hydrogens (tertiary/aromatic N) is 12. The molecule has 4 aliphatic heterocycles. The Morgan fingerprint density at radius 2 is 1.02 bits per heavy atom. The molecule has 4 fully saturated rings. The van der Waals surface area contributed by atoms with Gasteiger partial charge in [-0.15, -0.1) is 28.6 Å². The first kappa shape index (κ1) is 73.2. The predicted octanol–water partition coefficient (Wildman–Crippen LogP) is 10.7. The van der Waals surface area contributed by atoms with Gasteiger partial charge in [0.15, 0.2) is 11.6 Å². The van der Waals surface area contributed by atoms with Crippen molar-refractivity contribution < 1.29 is 26.3 Å². The lowest BCUT2D eigenvalue weighted by Gasteiger charge is -2.42. The molecule has 514 valence electrons. The number of anilines is 11. The smallest absolute Gasteiger partial charge is 0.229 e. The van der Waals surface area contributed by atoms with Crippen molar-refractivity contribution in [1.29, 1.82) is 0 Å². The monoisotopic (exact) mass is 1450 g/mol. The summed E-state index contributed by atoms with van der Waals surface area (Å²) in [5.74, 6) is 17.3. The van der Waals surface area contributed by atoms with Gasteiger partial charge in [0.05, 0.1) is 93.7 Å². The first-order valence-electron chi connectivity index (χ1n) is 30.9. The molecule has 24 nitrogen and oxygen atoms in total. The van der Waals surface area contributed by atoms with Crippen molar-refractivity contribution in [1.82, 2.24) is 49.5 Å². The number of piperazine rings is 2. The molecule has 4 aliphatic rings. The number of methoxy groups -OCH3 is 2. The molecule has 0 radical (unpaired) electrons. The second-order valence-corrected chi connectivity index (χ2v) is 29.5. The van der Waals surface area contributed by atoms with Crippen LogP contribution in [0.25, 0.3) is 20.4 Å². The van der Waals surface area contributed by atoms with Crippen molar-refractivity contribution in [2.45, 2.75) is 44.7 Å². The van der Waals surface area contributed by atoms with Crippen LogP contribution >= 0.6 is 57.5 Å². The topological polar surface area (TPSA) is 270 Å². The van der Waals surface area contributed by atoms with Crippen molar-refractivity contribution in [3.8, 4) is 47.0 Å². The summed E-state index contributed by atoms with van der Waals surface area (Å²) in [5, 5.41) is 9.88. The molecule has 0 spiro atoms. The highest BCUT2D eigenvalue weighted by molar-refractivity contribution is 7.92. The van der Waals surface area contributed by atoms with E-state index < -0.39 is 20.0 Å². The Kier molecular flexibility index (Phi) is 26.0. The van der Waals surface area contributed by atoms with Crippen LogP contribution in [0, 0.1) is 42.4 Å². The van der Waals surface area contributed by atoms with Gasteiger partial charge in [-0.2, -0.15) is 16.9 Å². The normalized spacial score (nSPS) is 15.8. The quantitative estimate of drug-likeness (QED) is 0.0227. The second-order valence-electron chi connectivity index (χ2n) is 23.1. The number of nitrogen functional groups attached to an aromatic ring is 1. The van der Waals surface area contributed by atoms with E-state index >= 15 is 0 Å². The van der Waals surface area contributed by atoms with E-state index in [1.807, 2.05) is 30.3 Å². The third-order valence-corrected chi connectivity index (χ3v) is 19.8. The summed E-state index contributed by atoms with van der Waals surface area (Å²) in [6, 6.07) is 20.8. The van der Waals surface area contributed by atoms with Gasteiger partial charge in [-0.25, -0.2) is 42.7 Å². The molecule has 31 heteroatoms. The fourth-order valence-corrected chi connectivity index (χ4v) is 14.3. The van der Waals surface area contributed by atoms with E-state index in [4.69, 9.17) is 50.0 Å². The summed E-state index contributed by atoms with van der Waals surface area (Å²) in [6.45, 7) is 18.7. The molecule has 8 aromatic rings. The summed E-state index contributed by atoms with van der Waals surface area (Å²) in [4.78, 5) is 40.3. The lowest BCUT2D eigenvalue weighted by Crippen LogP contribution is -2.52. The number of fused-ring (bicyclic) bond motifs is 2. The number of likely N-dealkylation sites (N-methyl/N-ethyl adjacent to an activating group) is 2. The van der Waals surface area contributed by atoms with Crippen LogP contribution in [0.15, 0.2) is 84.1 Å². The Labute approximate surface area is 591 Å². The Hall–Kier alpha value is -8.02. The number of rotatable bonds is 16. The minimum atomic E-state index is -3.57. The molecular weight excluding hydrogens is 1380 g/mol. The van der Waals surface area contributed by atoms with E-state index in [0.29, 0.717) is 68.7 Å². The Bertz CT molecular complexity index is 4420. The highest BCUT2D eigenvalue weighted by atomic mass is 35.5. The van der Waals surface area contributed by atoms with Crippen molar-refractivity contribution in [2.75, 3.05) is 160 Å². The van der Waals surface area contributed by atoms with Gasteiger partial charge < -0.3 is 50.8 Å². The predicted molar refractivity (Wildman–Crippen MR) is 398 cm³/mol. The first-order chi connectivity index (χ1) is 46.6. The second kappa shape index (κ2) is 34.5. The van der Waals surface area contributed by atoms with Crippen molar-refractivity contribution in [3.63, 3.8) is 0 Å². The molecule has 4 saturated heterocycles. The third kappa shape index (κ3) is 20.8. The number of thiazole rings is 2. The van der Waals surface area contributed by atoms with Crippen molar-refractivity contribution >= 4 is 161 Å². The maximum atomic E-state index is 12.1. The maximum absolute atomic E-state index is 12.1. The maximum Gasteiger partial charge on any atom is 0.229 e. The average molecular weight is 1450 g/mol. The average Bonchev–Trinajstić information content (AvgIpc) is 1.79. The number of aromatic nitrogens is 6. The van der Waals surface area contributed by atoms with Crippen LogP contribution in [0.4, 0.5) is 63.1 Å². The lowest BCUT2D eigenvalue weighted by molar-refractivity contribution is 0.0982. The minimum Gasteiger partial charge on any atom is -0.495 e. The van der Waals surface area contributed by atoms with Crippen LogP contribution in [-0.4, -0.2) is 198 Å². The summed E-state index contributed by atoms with van der Waals surface area (Å²) in [7, 11) is 0.661. The van der Waals surface area contributed by atoms with Crippen LogP contribution in [-0.2, 0) is 20.0 Å². The zero-order valence-corrected chi connectivity index (χ0v) is 60.5. The Morgan fingerprint density at radius 3 is 1.49 bits per heavy atom. The molecule has 0 saturated carbocycles. The van der Waals surface area contributed by atoms with Crippen LogP contribution in [0.3, 0.4) is 0 Å². The van der Waals surface area contributed by atoms with Crippen molar-refractivity contribution in [3.05, 3.63) is 106 Å². The van der Waals surface area contributed by atoms with E-state index in [1.54, 1.807) is 44.3 Å². The molecule has 12 rings (SSSR count). The summed E-state index contributed by atoms with van der Waals surface area (Å²) in [6.07, 6.45) is 9.79. The van der Waals surface area contributed by atoms with Gasteiger partial charge in [-0.3, -0.25) is 25.2 Å². The number of nitrogens with one attached hydrogen (secondary N) is 5. The SMILES string of the molecule is COc1cc(N2CCC(N3CCN(C)CC3)CC2)ccc1N.COc1cc(N2CCC(N3CCN(C)CC3)CC2)ccc1Nc1ncc(Cl)c(Nc2ccc3scnc3c2NS(C)(=O)=O)n1.CS(=O)(=O)Nc1c(Nc2nc(Cl)ncc2Cl)ccc2scnc12.[CH2-]C#CC#CC#CC. The van der Waals surface area contributed by atoms with E-state index in [9.17, 15) is 16.8 Å². The summed E-state index contributed by atoms with van der Waals surface area (Å²) >= 11 is 21.1. The number of hydrogen-bond acceptors (Lipinski definition) is 24. The molecule has 0 atom stereocenters. The third-order valence-electron chi connectivity index (χ3n) is 16.4. The molecule has 97 heavy (non-hydrogen) atoms. The number of hydrogen-bond donors (Lipinski definition) is 6. The molecule has 0 bridgehead atoms. The van der Waals surface area contributed by atoms with Gasteiger partial charge >= 0.3 is 0 Å². The number of sulfonamides is 2. The van der Waals surface area contributed by atoms with Gasteiger partial charge in [0.2, 0.25) is 31.3 Å². The first-order valence-corrected chi connectivity index (χ1v) is 37.6. The van der Waals surface area contributed by atoms with Crippen LogP contribution in [0.5, 0.6) is 11.5 Å². The van der Waals surface area contributed by atoms with Gasteiger partial charge in [-0.1, -0.05) is 29.1 Å². The molecule has 0 aliphatic carbocycles. The molecule has 7 N–H and O–H groups in total. The van der Waals surface area contributed by atoms with Crippen LogP contribution in [0.1, 0.15) is 32.6 Å². The molecule has 0 unspecified atom stereocenters. The number of nitrogens with two attached hydrogens (primary N) is 1. The number of benzene rings is 4. The Morgan fingerprint density at radius 1 is 0.567 bits per heavy atom. The highest BCUT2D eigenvalue weighted by Crippen LogP contribution is 2.40. The fraction of sp³-hybridized carbons (Fsp3) is 0.379. The summed E-state index contributed by atoms with van der Waals surface area (Å²) in [5.41, 5.74) is 15.6. The van der Waals surface area contributed by atoms with Gasteiger partial charge in [0.1, 0.15) is 32.6 Å². The minimum absolute atomic E-state index is 0.0178. The van der Waals surface area contributed by atoms with E-state index in [2.05, 4.69) is 159 Å². The fourth-order valence-electron chi connectivity index (χ4n) is 11.4. The number of piperidine rings is 2. The molecule has 8 heterocycles. The zero-order chi connectivity index (χ0) is 69.2. The van der Waals surface area contributed by atoms with E-state index in [0.717, 1.165) is 105 Å². The molecule has 4 aromatic carbocycles. The molecule has 0 amide bonds. The van der Waals surface area contributed by atoms with Gasteiger partial charge in [0.25, 0.3) is 0 Å². The van der Waals surface area contributed by atoms with Gasteiger partial charge in [-0.05, 0) is 119 Å². The van der Waals surface area contributed by atoms with E-state index in [1.165, 1.54) is 79.8 Å².